The molecule has 0 saturated carbocycles. The van der Waals surface area contributed by atoms with Gasteiger partial charge < -0.3 is 20.1 Å². The number of benzene rings is 2. The molecule has 2 amide bonds. The lowest BCUT2D eigenvalue weighted by Gasteiger charge is -2.12. The Bertz CT molecular complexity index is 808. The van der Waals surface area contributed by atoms with Crippen LogP contribution >= 0.6 is 0 Å². The molecular formula is C19H19F3N2O4. The maximum Gasteiger partial charge on any atom is 0.471 e. The zero-order valence-electron chi connectivity index (χ0n) is 15.0. The zero-order chi connectivity index (χ0) is 20.6. The number of nitrogens with one attached hydrogen (secondary N) is 2. The van der Waals surface area contributed by atoms with E-state index in [-0.39, 0.29) is 24.7 Å². The highest BCUT2D eigenvalue weighted by molar-refractivity contribution is 5.94. The minimum atomic E-state index is -4.95. The van der Waals surface area contributed by atoms with Gasteiger partial charge in [0.25, 0.3) is 5.91 Å². The van der Waals surface area contributed by atoms with Gasteiger partial charge in [0, 0.05) is 12.2 Å². The van der Waals surface area contributed by atoms with Crippen LogP contribution in [0.3, 0.4) is 0 Å². The molecule has 0 aromatic heterocycles. The molecule has 2 aromatic carbocycles. The van der Waals surface area contributed by atoms with E-state index in [9.17, 15) is 22.8 Å². The number of halogens is 3. The molecule has 0 aliphatic carbocycles. The van der Waals surface area contributed by atoms with E-state index in [4.69, 9.17) is 9.47 Å². The highest BCUT2D eigenvalue weighted by Crippen LogP contribution is 2.26. The first-order valence-electron chi connectivity index (χ1n) is 8.38. The summed E-state index contributed by atoms with van der Waals surface area (Å²) in [7, 11) is 0. The smallest absolute Gasteiger partial charge is 0.471 e. The summed E-state index contributed by atoms with van der Waals surface area (Å²) < 4.78 is 47.5. The summed E-state index contributed by atoms with van der Waals surface area (Å²) in [5.74, 6) is -1.43. The van der Waals surface area contributed by atoms with E-state index in [0.717, 1.165) is 0 Å². The third kappa shape index (κ3) is 6.49. The van der Waals surface area contributed by atoms with Crippen molar-refractivity contribution in [3.05, 3.63) is 54.1 Å². The summed E-state index contributed by atoms with van der Waals surface area (Å²) in [6.45, 7) is 2.24. The predicted molar refractivity (Wildman–Crippen MR) is 96.1 cm³/mol. The van der Waals surface area contributed by atoms with Gasteiger partial charge in [-0.2, -0.15) is 13.2 Å². The molecule has 2 N–H and O–H groups in total. The number of anilines is 1. The normalized spacial score (nSPS) is 10.9. The Morgan fingerprint density at radius 3 is 2.14 bits per heavy atom. The summed E-state index contributed by atoms with van der Waals surface area (Å²) in [4.78, 5) is 22.8. The lowest BCUT2D eigenvalue weighted by atomic mass is 10.2. The van der Waals surface area contributed by atoms with Crippen LogP contribution in [0.1, 0.15) is 12.5 Å². The largest absolute Gasteiger partial charge is 0.490 e. The molecule has 2 aromatic rings. The van der Waals surface area contributed by atoms with E-state index < -0.39 is 12.1 Å². The lowest BCUT2D eigenvalue weighted by molar-refractivity contribution is -0.167. The van der Waals surface area contributed by atoms with Crippen LogP contribution in [0.25, 0.3) is 0 Å². The van der Waals surface area contributed by atoms with Crippen molar-refractivity contribution in [1.82, 2.24) is 5.32 Å². The van der Waals surface area contributed by atoms with Gasteiger partial charge in [0.15, 0.2) is 18.1 Å². The summed E-state index contributed by atoms with van der Waals surface area (Å²) in [5.41, 5.74) is 0.654. The van der Waals surface area contributed by atoms with Gasteiger partial charge in [0.1, 0.15) is 0 Å². The molecule has 150 valence electrons. The van der Waals surface area contributed by atoms with Gasteiger partial charge >= 0.3 is 12.1 Å². The van der Waals surface area contributed by atoms with Crippen molar-refractivity contribution in [1.29, 1.82) is 0 Å². The Morgan fingerprint density at radius 2 is 1.57 bits per heavy atom. The first kappa shape index (κ1) is 21.1. The van der Waals surface area contributed by atoms with Crippen LogP contribution in [0.15, 0.2) is 48.5 Å². The predicted octanol–water partition coefficient (Wildman–Crippen LogP) is 3.28. The molecule has 0 aliphatic rings. The maximum atomic E-state index is 12.2. The molecular weight excluding hydrogens is 377 g/mol. The standard InChI is InChI=1S/C19H19F3N2O4/c1-2-27-15-5-3-4-6-16(15)28-12-17(25)23-11-13-7-9-14(10-8-13)24-18(26)19(20,21)22/h3-10H,2,11-12H2,1H3,(H,23,25)(H,24,26). The fraction of sp³-hybridized carbons (Fsp3) is 0.263. The van der Waals surface area contributed by atoms with Gasteiger partial charge in [0.05, 0.1) is 6.61 Å². The first-order chi connectivity index (χ1) is 13.3. The van der Waals surface area contributed by atoms with Crippen molar-refractivity contribution in [2.75, 3.05) is 18.5 Å². The second-order valence-electron chi connectivity index (χ2n) is 5.59. The van der Waals surface area contributed by atoms with E-state index in [1.807, 2.05) is 6.92 Å². The molecule has 0 atom stereocenters. The molecule has 0 heterocycles. The summed E-state index contributed by atoms with van der Waals surface area (Å²) >= 11 is 0. The molecule has 0 unspecified atom stereocenters. The Balaban J connectivity index is 1.81. The zero-order valence-corrected chi connectivity index (χ0v) is 15.0. The minimum absolute atomic E-state index is 0.00765. The number of alkyl halides is 3. The molecule has 0 bridgehead atoms. The van der Waals surface area contributed by atoms with Crippen molar-refractivity contribution in [2.45, 2.75) is 19.6 Å². The van der Waals surface area contributed by atoms with Crippen LogP contribution < -0.4 is 20.1 Å². The van der Waals surface area contributed by atoms with Gasteiger partial charge in [-0.3, -0.25) is 9.59 Å². The van der Waals surface area contributed by atoms with Gasteiger partial charge in [-0.1, -0.05) is 24.3 Å². The van der Waals surface area contributed by atoms with Crippen molar-refractivity contribution < 1.29 is 32.2 Å². The SMILES string of the molecule is CCOc1ccccc1OCC(=O)NCc1ccc(NC(=O)C(F)(F)F)cc1. The second kappa shape index (κ2) is 9.63. The molecule has 0 saturated heterocycles. The van der Waals surface area contributed by atoms with Crippen LogP contribution in [-0.4, -0.2) is 31.2 Å². The molecule has 9 heteroatoms. The maximum absolute atomic E-state index is 12.2. The van der Waals surface area contributed by atoms with E-state index in [0.29, 0.717) is 23.7 Å². The second-order valence-corrected chi connectivity index (χ2v) is 5.59. The molecule has 0 aliphatic heterocycles. The fourth-order valence-electron chi connectivity index (χ4n) is 2.15. The average Bonchev–Trinajstić information content (AvgIpc) is 2.66. The number of hydrogen-bond donors (Lipinski definition) is 2. The number of rotatable bonds is 8. The molecule has 0 fully saturated rings. The van der Waals surface area contributed by atoms with Crippen LogP contribution in [0.2, 0.25) is 0 Å². The average molecular weight is 396 g/mol. The van der Waals surface area contributed by atoms with E-state index in [1.54, 1.807) is 29.6 Å². The number of amides is 2. The number of ether oxygens (including phenoxy) is 2. The Labute approximate surface area is 159 Å². The topological polar surface area (TPSA) is 76.7 Å². The van der Waals surface area contributed by atoms with Crippen LogP contribution in [-0.2, 0) is 16.1 Å². The minimum Gasteiger partial charge on any atom is -0.490 e. The van der Waals surface area contributed by atoms with Crippen LogP contribution in [0, 0.1) is 0 Å². The highest BCUT2D eigenvalue weighted by atomic mass is 19.4. The Morgan fingerprint density at radius 1 is 0.964 bits per heavy atom. The van der Waals surface area contributed by atoms with E-state index >= 15 is 0 Å². The highest BCUT2D eigenvalue weighted by Gasteiger charge is 2.38. The third-order valence-corrected chi connectivity index (χ3v) is 3.47. The van der Waals surface area contributed by atoms with Gasteiger partial charge in [-0.25, -0.2) is 0 Å². The number of carbonyl (C=O) groups is 2. The summed E-state index contributed by atoms with van der Waals surface area (Å²) in [6, 6.07) is 12.6. The fourth-order valence-corrected chi connectivity index (χ4v) is 2.15. The van der Waals surface area contributed by atoms with Gasteiger partial charge in [0.2, 0.25) is 0 Å². The van der Waals surface area contributed by atoms with Crippen molar-refractivity contribution >= 4 is 17.5 Å². The van der Waals surface area contributed by atoms with Crippen molar-refractivity contribution in [3.8, 4) is 11.5 Å². The van der Waals surface area contributed by atoms with Crippen LogP contribution in [0.4, 0.5) is 18.9 Å². The van der Waals surface area contributed by atoms with Gasteiger partial charge in [-0.05, 0) is 36.8 Å². The molecule has 0 spiro atoms. The van der Waals surface area contributed by atoms with E-state index in [2.05, 4.69) is 5.32 Å². The molecule has 0 radical (unpaired) electrons. The Hall–Kier alpha value is -3.23. The number of carbonyl (C=O) groups excluding carboxylic acids is 2. The molecule has 2 rings (SSSR count). The molecule has 6 nitrogen and oxygen atoms in total. The van der Waals surface area contributed by atoms with E-state index in [1.165, 1.54) is 24.3 Å². The lowest BCUT2D eigenvalue weighted by Crippen LogP contribution is -2.30. The number of para-hydroxylation sites is 2. The summed E-state index contributed by atoms with van der Waals surface area (Å²) in [5, 5.41) is 4.38. The quantitative estimate of drug-likeness (QED) is 0.718. The van der Waals surface area contributed by atoms with Gasteiger partial charge in [-0.15, -0.1) is 0 Å². The van der Waals surface area contributed by atoms with Crippen molar-refractivity contribution in [3.63, 3.8) is 0 Å². The molecule has 28 heavy (non-hydrogen) atoms. The third-order valence-electron chi connectivity index (χ3n) is 3.47. The summed E-state index contributed by atoms with van der Waals surface area (Å²) in [6.07, 6.45) is -4.95. The number of hydrogen-bond acceptors (Lipinski definition) is 4. The van der Waals surface area contributed by atoms with Crippen LogP contribution in [0.5, 0.6) is 11.5 Å². The monoisotopic (exact) mass is 396 g/mol. The van der Waals surface area contributed by atoms with Crippen molar-refractivity contribution in [2.24, 2.45) is 0 Å². The Kier molecular flexibility index (Phi) is 7.25. The first-order valence-corrected chi connectivity index (χ1v) is 8.38.